The summed E-state index contributed by atoms with van der Waals surface area (Å²) in [6.45, 7) is 5.44. The summed E-state index contributed by atoms with van der Waals surface area (Å²) in [6.07, 6.45) is 4.90. The Labute approximate surface area is 188 Å². The molecule has 2 heterocycles. The number of aromatic nitrogens is 2. The van der Waals surface area contributed by atoms with Crippen LogP contribution in [0.5, 0.6) is 11.6 Å². The molecule has 2 aliphatic rings. The van der Waals surface area contributed by atoms with Gasteiger partial charge in [0.1, 0.15) is 5.75 Å². The number of rotatable bonds is 1. The van der Waals surface area contributed by atoms with Crippen LogP contribution in [0.25, 0.3) is 0 Å². The van der Waals surface area contributed by atoms with E-state index in [4.69, 9.17) is 9.72 Å². The molecule has 6 heteroatoms. The Morgan fingerprint density at radius 1 is 1.03 bits per heavy atom. The standard InChI is InChI=1S/C25H28N4OS/c1-25(2)12-4-3-11-21(25)22-15-23-28-24(27-22)29-31-20-10-6-8-18(14-20)26-16-17-7-5-9-19(13-17)30-23/h5-10,13-15,21,26H,3-4,11-12,16H2,1-2H3,(H,27,28,29). The van der Waals surface area contributed by atoms with Crippen LogP contribution in [0.3, 0.4) is 0 Å². The molecule has 1 unspecified atom stereocenters. The SMILES string of the molecule is CC1(C)CCCCC1c1cc2nc(n1)NSc1cccc(c1)NCc1cccc(c1)O2. The Morgan fingerprint density at radius 2 is 1.94 bits per heavy atom. The van der Waals surface area contributed by atoms with E-state index in [-0.39, 0.29) is 5.41 Å². The molecule has 1 aromatic heterocycles. The highest BCUT2D eigenvalue weighted by Gasteiger charge is 2.35. The van der Waals surface area contributed by atoms with E-state index in [9.17, 15) is 0 Å². The van der Waals surface area contributed by atoms with Crippen LogP contribution < -0.4 is 14.8 Å². The summed E-state index contributed by atoms with van der Waals surface area (Å²) in [4.78, 5) is 10.7. The minimum absolute atomic E-state index is 0.217. The van der Waals surface area contributed by atoms with E-state index in [1.807, 2.05) is 18.2 Å². The molecule has 1 aliphatic carbocycles. The molecule has 3 aromatic rings. The number of anilines is 2. The van der Waals surface area contributed by atoms with Crippen molar-refractivity contribution in [2.24, 2.45) is 5.41 Å². The number of nitrogens with one attached hydrogen (secondary N) is 2. The van der Waals surface area contributed by atoms with Crippen molar-refractivity contribution in [2.45, 2.75) is 56.9 Å². The molecule has 6 bridgehead atoms. The van der Waals surface area contributed by atoms with Crippen LogP contribution in [0.1, 0.15) is 56.7 Å². The second-order valence-corrected chi connectivity index (χ2v) is 9.96. The highest BCUT2D eigenvalue weighted by atomic mass is 32.2. The first-order valence-corrected chi connectivity index (χ1v) is 11.8. The molecular weight excluding hydrogens is 404 g/mol. The van der Waals surface area contributed by atoms with Gasteiger partial charge >= 0.3 is 0 Å². The lowest BCUT2D eigenvalue weighted by molar-refractivity contribution is 0.196. The van der Waals surface area contributed by atoms with Crippen molar-refractivity contribution >= 4 is 23.6 Å². The van der Waals surface area contributed by atoms with Crippen molar-refractivity contribution < 1.29 is 4.74 Å². The topological polar surface area (TPSA) is 59.1 Å². The fourth-order valence-corrected chi connectivity index (χ4v) is 5.21. The zero-order valence-corrected chi connectivity index (χ0v) is 18.8. The summed E-state index contributed by atoms with van der Waals surface area (Å²) in [6, 6.07) is 18.6. The van der Waals surface area contributed by atoms with Gasteiger partial charge in [0.05, 0.1) is 5.69 Å². The second kappa shape index (κ2) is 8.42. The van der Waals surface area contributed by atoms with Gasteiger partial charge in [-0.15, -0.1) is 0 Å². The maximum atomic E-state index is 6.23. The van der Waals surface area contributed by atoms with Crippen molar-refractivity contribution in [3.05, 3.63) is 65.9 Å². The number of hydrogen-bond donors (Lipinski definition) is 2. The Balaban J connectivity index is 1.56. The molecule has 1 atom stereocenters. The quantitative estimate of drug-likeness (QED) is 0.404. The van der Waals surface area contributed by atoms with Crippen LogP contribution in [-0.4, -0.2) is 9.97 Å². The van der Waals surface area contributed by atoms with Gasteiger partial charge in [-0.05, 0) is 66.1 Å². The summed E-state index contributed by atoms with van der Waals surface area (Å²) < 4.78 is 9.57. The van der Waals surface area contributed by atoms with Crippen molar-refractivity contribution in [3.8, 4) is 11.6 Å². The average Bonchev–Trinajstić information content (AvgIpc) is 2.76. The molecule has 5 nitrogen and oxygen atoms in total. The second-order valence-electron chi connectivity index (χ2n) is 9.08. The van der Waals surface area contributed by atoms with Gasteiger partial charge < -0.3 is 10.1 Å². The lowest BCUT2D eigenvalue weighted by Gasteiger charge is -2.38. The maximum absolute atomic E-state index is 6.23. The Bertz CT molecular complexity index is 1080. The third-order valence-electron chi connectivity index (χ3n) is 6.30. The molecule has 1 saturated carbocycles. The lowest BCUT2D eigenvalue weighted by Crippen LogP contribution is -2.27. The molecule has 2 N–H and O–H groups in total. The van der Waals surface area contributed by atoms with Gasteiger partial charge in [0.15, 0.2) is 0 Å². The fraction of sp³-hybridized carbons (Fsp3) is 0.360. The smallest absolute Gasteiger partial charge is 0.236 e. The molecule has 0 amide bonds. The van der Waals surface area contributed by atoms with Crippen LogP contribution in [0.2, 0.25) is 0 Å². The van der Waals surface area contributed by atoms with Crippen LogP contribution >= 0.6 is 11.9 Å². The van der Waals surface area contributed by atoms with E-state index in [2.05, 4.69) is 65.3 Å². The predicted octanol–water partition coefficient (Wildman–Crippen LogP) is 7.00. The lowest BCUT2D eigenvalue weighted by atomic mass is 9.67. The van der Waals surface area contributed by atoms with Gasteiger partial charge in [0.25, 0.3) is 0 Å². The van der Waals surface area contributed by atoms with Gasteiger partial charge in [0.2, 0.25) is 11.8 Å². The van der Waals surface area contributed by atoms with Gasteiger partial charge in [-0.3, -0.25) is 4.72 Å². The minimum atomic E-state index is 0.217. The number of fused-ring (bicyclic) bond motifs is 6. The first-order chi connectivity index (χ1) is 15.0. The molecule has 5 rings (SSSR count). The average molecular weight is 433 g/mol. The number of hydrogen-bond acceptors (Lipinski definition) is 6. The largest absolute Gasteiger partial charge is 0.439 e. The van der Waals surface area contributed by atoms with E-state index in [1.54, 1.807) is 0 Å². The molecule has 1 aliphatic heterocycles. The molecule has 160 valence electrons. The van der Waals surface area contributed by atoms with E-state index in [0.717, 1.165) is 40.6 Å². The van der Waals surface area contributed by atoms with Crippen LogP contribution in [0.4, 0.5) is 11.6 Å². The number of ether oxygens (including phenoxy) is 1. The molecule has 0 spiro atoms. The summed E-state index contributed by atoms with van der Waals surface area (Å²) >= 11 is 1.52. The summed E-state index contributed by atoms with van der Waals surface area (Å²) in [7, 11) is 0. The first kappa shape index (κ1) is 20.2. The van der Waals surface area contributed by atoms with Gasteiger partial charge in [-0.25, -0.2) is 4.98 Å². The van der Waals surface area contributed by atoms with Crippen molar-refractivity contribution in [3.63, 3.8) is 0 Å². The normalized spacial score (nSPS) is 19.9. The number of benzene rings is 2. The minimum Gasteiger partial charge on any atom is -0.439 e. The monoisotopic (exact) mass is 432 g/mol. The van der Waals surface area contributed by atoms with E-state index >= 15 is 0 Å². The van der Waals surface area contributed by atoms with Gasteiger partial charge in [0, 0.05) is 29.1 Å². The summed E-state index contributed by atoms with van der Waals surface area (Å²) in [5, 5.41) is 3.49. The highest BCUT2D eigenvalue weighted by molar-refractivity contribution is 8.00. The highest BCUT2D eigenvalue weighted by Crippen LogP contribution is 2.47. The van der Waals surface area contributed by atoms with E-state index < -0.39 is 0 Å². The van der Waals surface area contributed by atoms with Crippen LogP contribution in [0, 0.1) is 5.41 Å². The summed E-state index contributed by atoms with van der Waals surface area (Å²) in [5.74, 6) is 2.36. The van der Waals surface area contributed by atoms with Crippen LogP contribution in [-0.2, 0) is 6.54 Å². The first-order valence-electron chi connectivity index (χ1n) is 11.0. The zero-order valence-electron chi connectivity index (χ0n) is 18.0. The predicted molar refractivity (Wildman–Crippen MR) is 127 cm³/mol. The van der Waals surface area contributed by atoms with Crippen LogP contribution in [0.15, 0.2) is 59.5 Å². The number of nitrogens with zero attached hydrogens (tertiary/aromatic N) is 2. The maximum Gasteiger partial charge on any atom is 0.236 e. The molecule has 2 aromatic carbocycles. The molecule has 31 heavy (non-hydrogen) atoms. The molecule has 0 radical (unpaired) electrons. The van der Waals surface area contributed by atoms with Gasteiger partial charge in [-0.2, -0.15) is 4.98 Å². The fourth-order valence-electron chi connectivity index (χ4n) is 4.58. The third-order valence-corrected chi connectivity index (χ3v) is 7.07. The Morgan fingerprint density at radius 3 is 2.84 bits per heavy atom. The Hall–Kier alpha value is -2.73. The van der Waals surface area contributed by atoms with Crippen molar-refractivity contribution in [1.29, 1.82) is 0 Å². The van der Waals surface area contributed by atoms with Gasteiger partial charge in [-0.1, -0.05) is 44.9 Å². The van der Waals surface area contributed by atoms with E-state index in [0.29, 0.717) is 17.7 Å². The van der Waals surface area contributed by atoms with Crippen molar-refractivity contribution in [1.82, 2.24) is 9.97 Å². The van der Waals surface area contributed by atoms with Crippen molar-refractivity contribution in [2.75, 3.05) is 10.0 Å². The third kappa shape index (κ3) is 4.64. The summed E-state index contributed by atoms with van der Waals surface area (Å²) in [5.41, 5.74) is 3.52. The molecule has 1 fully saturated rings. The van der Waals surface area contributed by atoms with E-state index in [1.165, 1.54) is 31.2 Å². The Kier molecular flexibility index (Phi) is 5.48. The molecular formula is C25H28N4OS. The zero-order chi connectivity index (χ0) is 21.3. The molecule has 0 saturated heterocycles.